The summed E-state index contributed by atoms with van der Waals surface area (Å²) < 4.78 is 26.1. The van der Waals surface area contributed by atoms with Gasteiger partial charge in [-0.3, -0.25) is 0 Å². The molecule has 4 nitrogen and oxygen atoms in total. The highest BCUT2D eigenvalue weighted by atomic mass is 35.5. The molecule has 2 aromatic rings. The Hall–Kier alpha value is -2.27. The minimum atomic E-state index is -0.868. The first-order valence-corrected chi connectivity index (χ1v) is 9.52. The molecule has 0 heterocycles. The zero-order valence-electron chi connectivity index (χ0n) is 16.7. The number of primary amides is 1. The maximum Gasteiger partial charge on any atom is 0.405 e. The zero-order chi connectivity index (χ0) is 20.9. The maximum absolute atomic E-state index is 15.0. The molecule has 0 unspecified atom stereocenters. The van der Waals surface area contributed by atoms with E-state index < -0.39 is 18.0 Å². The second-order valence-corrected chi connectivity index (χ2v) is 9.28. The van der Waals surface area contributed by atoms with Crippen LogP contribution in [0.1, 0.15) is 51.8 Å². The lowest BCUT2D eigenvalue weighted by molar-refractivity contribution is 0.0391. The molecule has 3 rings (SSSR count). The predicted octanol–water partition coefficient (Wildman–Crippen LogP) is 6.04. The molecule has 0 bridgehead atoms. The molecule has 0 aromatic heterocycles. The van der Waals surface area contributed by atoms with Gasteiger partial charge in [-0.2, -0.15) is 0 Å². The van der Waals surface area contributed by atoms with Crippen LogP contribution in [0.25, 0.3) is 11.1 Å². The third kappa shape index (κ3) is 4.09. The summed E-state index contributed by atoms with van der Waals surface area (Å²) >= 11 is 6.44. The summed E-state index contributed by atoms with van der Waals surface area (Å²) in [6.07, 6.45) is -0.814. The minimum absolute atomic E-state index is 0.356. The topological polar surface area (TPSA) is 61.6 Å². The van der Waals surface area contributed by atoms with Gasteiger partial charge in [-0.15, -0.1) is 0 Å². The molecule has 0 saturated carbocycles. The van der Waals surface area contributed by atoms with E-state index in [0.717, 1.165) is 5.56 Å². The first-order valence-electron chi connectivity index (χ1n) is 9.15. The summed E-state index contributed by atoms with van der Waals surface area (Å²) in [5.74, 6) is 0.194. The molecule has 0 radical (unpaired) electrons. The lowest BCUT2D eigenvalue weighted by Gasteiger charge is -2.26. The number of amides is 1. The summed E-state index contributed by atoms with van der Waals surface area (Å²) in [5.41, 5.74) is 7.02. The Morgan fingerprint density at radius 1 is 1.21 bits per heavy atom. The van der Waals surface area contributed by atoms with Gasteiger partial charge in [0, 0.05) is 16.5 Å². The van der Waals surface area contributed by atoms with Crippen LogP contribution in [0.3, 0.4) is 0 Å². The second-order valence-electron chi connectivity index (χ2n) is 8.87. The molecule has 0 spiro atoms. The number of hydrogen-bond donors (Lipinski definition) is 1. The van der Waals surface area contributed by atoms with Gasteiger partial charge in [0.05, 0.1) is 5.02 Å². The van der Waals surface area contributed by atoms with Gasteiger partial charge in [0.2, 0.25) is 0 Å². The largest absolute Gasteiger partial charge is 0.488 e. The Morgan fingerprint density at radius 2 is 1.89 bits per heavy atom. The van der Waals surface area contributed by atoms with E-state index in [4.69, 9.17) is 26.8 Å². The minimum Gasteiger partial charge on any atom is -0.488 e. The molecule has 6 heteroatoms. The molecular weight excluding hydrogens is 381 g/mol. The fourth-order valence-electron chi connectivity index (χ4n) is 3.71. The number of fused-ring (bicyclic) bond motifs is 1. The number of carbonyl (C=O) groups is 1. The van der Waals surface area contributed by atoms with E-state index in [1.165, 1.54) is 6.07 Å². The Balaban J connectivity index is 2.01. The highest BCUT2D eigenvalue weighted by molar-refractivity contribution is 6.33. The van der Waals surface area contributed by atoms with E-state index in [0.29, 0.717) is 33.9 Å². The van der Waals surface area contributed by atoms with Gasteiger partial charge in [0.15, 0.2) is 0 Å². The van der Waals surface area contributed by atoms with Crippen molar-refractivity contribution in [2.45, 2.75) is 52.7 Å². The Labute approximate surface area is 169 Å². The number of benzene rings is 2. The summed E-state index contributed by atoms with van der Waals surface area (Å²) in [7, 11) is 0. The van der Waals surface area contributed by atoms with Gasteiger partial charge in [-0.25, -0.2) is 9.18 Å². The summed E-state index contributed by atoms with van der Waals surface area (Å²) in [6, 6.07) is 8.43. The lowest BCUT2D eigenvalue weighted by Crippen LogP contribution is -2.25. The van der Waals surface area contributed by atoms with Crippen molar-refractivity contribution in [2.24, 2.45) is 11.1 Å². The zero-order valence-corrected chi connectivity index (χ0v) is 17.5. The van der Waals surface area contributed by atoms with E-state index in [-0.39, 0.29) is 11.0 Å². The molecule has 1 amide bonds. The van der Waals surface area contributed by atoms with E-state index >= 15 is 0 Å². The fourth-order valence-corrected chi connectivity index (χ4v) is 3.98. The van der Waals surface area contributed by atoms with Gasteiger partial charge >= 0.3 is 6.09 Å². The summed E-state index contributed by atoms with van der Waals surface area (Å²) in [4.78, 5) is 11.3. The SMILES string of the molecule is CC(C)(C)Oc1ccc(-c2cc3c(cc2F)[C@H](OC(N)=O)C(C)(C)C3)c(Cl)c1. The normalized spacial score (nSPS) is 17.9. The van der Waals surface area contributed by atoms with Gasteiger partial charge in [0.25, 0.3) is 0 Å². The van der Waals surface area contributed by atoms with E-state index in [9.17, 15) is 9.18 Å². The summed E-state index contributed by atoms with van der Waals surface area (Å²) in [5, 5.41) is 0.405. The van der Waals surface area contributed by atoms with Crippen molar-refractivity contribution in [1.29, 1.82) is 0 Å². The van der Waals surface area contributed by atoms with Crippen LogP contribution >= 0.6 is 11.6 Å². The van der Waals surface area contributed by atoms with Crippen LogP contribution in [0.15, 0.2) is 30.3 Å². The number of halogens is 2. The Kier molecular flexibility index (Phi) is 5.09. The number of ether oxygens (including phenoxy) is 2. The number of hydrogen-bond acceptors (Lipinski definition) is 3. The monoisotopic (exact) mass is 405 g/mol. The average molecular weight is 406 g/mol. The van der Waals surface area contributed by atoms with Crippen molar-refractivity contribution in [3.63, 3.8) is 0 Å². The van der Waals surface area contributed by atoms with Crippen molar-refractivity contribution in [2.75, 3.05) is 0 Å². The summed E-state index contributed by atoms with van der Waals surface area (Å²) in [6.45, 7) is 9.76. The second kappa shape index (κ2) is 6.96. The van der Waals surface area contributed by atoms with Crippen LogP contribution in [0, 0.1) is 11.2 Å². The van der Waals surface area contributed by atoms with Gasteiger partial charge in [-0.05, 0) is 68.7 Å². The van der Waals surface area contributed by atoms with Crippen molar-refractivity contribution >= 4 is 17.7 Å². The molecular formula is C22H25ClFNO3. The predicted molar refractivity (Wildman–Crippen MR) is 108 cm³/mol. The Bertz CT molecular complexity index is 934. The number of rotatable bonds is 3. The molecule has 1 aliphatic rings. The number of carbonyl (C=O) groups excluding carboxylic acids is 1. The van der Waals surface area contributed by atoms with Crippen LogP contribution < -0.4 is 10.5 Å². The third-order valence-corrected chi connectivity index (χ3v) is 5.07. The molecule has 28 heavy (non-hydrogen) atoms. The van der Waals surface area contributed by atoms with Gasteiger partial charge in [-0.1, -0.05) is 25.4 Å². The van der Waals surface area contributed by atoms with Gasteiger partial charge < -0.3 is 15.2 Å². The van der Waals surface area contributed by atoms with E-state index in [1.54, 1.807) is 24.3 Å². The van der Waals surface area contributed by atoms with Crippen molar-refractivity contribution < 1.29 is 18.7 Å². The molecule has 1 atom stereocenters. The van der Waals surface area contributed by atoms with E-state index in [1.807, 2.05) is 34.6 Å². The molecule has 150 valence electrons. The van der Waals surface area contributed by atoms with Crippen LogP contribution in [-0.2, 0) is 11.2 Å². The standard InChI is InChI=1S/C22H25ClFNO3/c1-21(2,3)28-13-6-7-14(17(23)9-13)16-8-12-11-22(4,5)19(27-20(25)26)15(12)10-18(16)24/h6-10,19H,11H2,1-5H3,(H2,25,26)/t19-/m0/s1. The fraction of sp³-hybridized carbons (Fsp3) is 0.409. The van der Waals surface area contributed by atoms with Crippen LogP contribution in [0.5, 0.6) is 5.75 Å². The van der Waals surface area contributed by atoms with Crippen LogP contribution in [-0.4, -0.2) is 11.7 Å². The quantitative estimate of drug-likeness (QED) is 0.676. The molecule has 2 aromatic carbocycles. The van der Waals surface area contributed by atoms with Gasteiger partial charge in [0.1, 0.15) is 23.3 Å². The molecule has 0 fully saturated rings. The highest BCUT2D eigenvalue weighted by Crippen LogP contribution is 2.49. The van der Waals surface area contributed by atoms with Crippen molar-refractivity contribution in [3.8, 4) is 16.9 Å². The van der Waals surface area contributed by atoms with Crippen molar-refractivity contribution in [3.05, 3.63) is 52.3 Å². The highest BCUT2D eigenvalue weighted by Gasteiger charge is 2.42. The van der Waals surface area contributed by atoms with Crippen LogP contribution in [0.2, 0.25) is 5.02 Å². The Morgan fingerprint density at radius 3 is 2.46 bits per heavy atom. The smallest absolute Gasteiger partial charge is 0.405 e. The average Bonchev–Trinajstić information content (AvgIpc) is 2.75. The molecule has 1 aliphatic carbocycles. The van der Waals surface area contributed by atoms with Crippen LogP contribution in [0.4, 0.5) is 9.18 Å². The molecule has 0 saturated heterocycles. The van der Waals surface area contributed by atoms with Crippen molar-refractivity contribution in [1.82, 2.24) is 0 Å². The third-order valence-electron chi connectivity index (χ3n) is 4.76. The first kappa shape index (κ1) is 20.5. The molecule has 0 aliphatic heterocycles. The number of nitrogens with two attached hydrogens (primary N) is 1. The molecule has 2 N–H and O–H groups in total. The lowest BCUT2D eigenvalue weighted by atomic mass is 9.87. The first-order chi connectivity index (χ1) is 12.9. The maximum atomic E-state index is 15.0. The van der Waals surface area contributed by atoms with E-state index in [2.05, 4.69) is 0 Å².